The van der Waals surface area contributed by atoms with Crippen molar-refractivity contribution in [2.45, 2.75) is 0 Å². The summed E-state index contributed by atoms with van der Waals surface area (Å²) in [7, 11) is 0. The lowest BCUT2D eigenvalue weighted by molar-refractivity contribution is 0.669. The lowest BCUT2D eigenvalue weighted by Crippen LogP contribution is -2.00. The second kappa shape index (κ2) is 28.4. The lowest BCUT2D eigenvalue weighted by Gasteiger charge is -2.11. The van der Waals surface area contributed by atoms with E-state index in [1.807, 2.05) is 133 Å². The third-order valence-corrected chi connectivity index (χ3v) is 21.0. The molecule has 0 fully saturated rings. The maximum absolute atomic E-state index is 6.15. The van der Waals surface area contributed by atoms with Gasteiger partial charge < -0.3 is 8.83 Å². The highest BCUT2D eigenvalue weighted by Crippen LogP contribution is 2.40. The zero-order valence-corrected chi connectivity index (χ0v) is 61.1. The van der Waals surface area contributed by atoms with Crippen molar-refractivity contribution in [3.8, 4) is 135 Å². The summed E-state index contributed by atoms with van der Waals surface area (Å²) in [5, 5.41) is 4.23. The first-order valence-corrected chi connectivity index (χ1v) is 37.8. The van der Waals surface area contributed by atoms with Gasteiger partial charge >= 0.3 is 0 Å². The molecular formula is C102H62N10O2. The highest BCUT2D eigenvalue weighted by atomic mass is 16.3. The minimum atomic E-state index is 0.611. The van der Waals surface area contributed by atoms with E-state index in [1.54, 1.807) is 0 Å². The average molecular weight is 1460 g/mol. The zero-order chi connectivity index (χ0) is 75.4. The molecule has 0 N–H and O–H groups in total. The van der Waals surface area contributed by atoms with Crippen LogP contribution in [0, 0.1) is 0 Å². The van der Waals surface area contributed by atoms with Crippen molar-refractivity contribution < 1.29 is 8.83 Å². The molecule has 0 bridgehead atoms. The number of aromatic nitrogens is 10. The number of benzene rings is 16. The average Bonchev–Trinajstić information content (AvgIpc) is 1.58. The predicted octanol–water partition coefficient (Wildman–Crippen LogP) is 25.7. The van der Waals surface area contributed by atoms with Gasteiger partial charge in [0.1, 0.15) is 22.3 Å². The highest BCUT2D eigenvalue weighted by molar-refractivity contribution is 6.11. The number of hydrogen-bond acceptors (Lipinski definition) is 12. The van der Waals surface area contributed by atoms with Gasteiger partial charge in [-0.25, -0.2) is 49.8 Å². The van der Waals surface area contributed by atoms with E-state index < -0.39 is 0 Å². The number of rotatable bonds is 12. The van der Waals surface area contributed by atoms with Crippen molar-refractivity contribution >= 4 is 88.0 Å². The van der Waals surface area contributed by atoms with Gasteiger partial charge in [-0.2, -0.15) is 0 Å². The molecular weight excluding hydrogens is 1400 g/mol. The Morgan fingerprint density at radius 2 is 0.430 bits per heavy atom. The molecule has 0 spiro atoms. The number of fused-ring (bicyclic) bond motifs is 10. The van der Waals surface area contributed by atoms with Crippen LogP contribution in [0.1, 0.15) is 0 Å². The van der Waals surface area contributed by atoms with Crippen molar-refractivity contribution in [3.63, 3.8) is 0 Å². The normalized spacial score (nSPS) is 11.5. The third-order valence-electron chi connectivity index (χ3n) is 21.0. The first-order valence-electron chi connectivity index (χ1n) is 37.8. The van der Waals surface area contributed by atoms with E-state index in [9.17, 15) is 0 Å². The van der Waals surface area contributed by atoms with E-state index >= 15 is 0 Å². The smallest absolute Gasteiger partial charge is 0.164 e. The molecule has 12 heteroatoms. The van der Waals surface area contributed by atoms with Gasteiger partial charge in [-0.15, -0.1) is 0 Å². The molecule has 0 aliphatic carbocycles. The molecule has 22 rings (SSSR count). The molecule has 22 aromatic rings. The monoisotopic (exact) mass is 1460 g/mol. The molecule has 0 unspecified atom stereocenters. The standard InChI is InChI=1S/2C51H31N5O/c1-3-12-32(13-4-1)33-24-26-35(27-25-33)50-54-49(34-14-5-2-6-15-34)55-51(56-50)39-19-10-17-37(29-39)36-16-9-18-38(28-36)40-21-11-22-43-48(40)53-44-30-42-41-20-7-8-23-46(41)57-47(42)31-45(44)52-43;1-3-11-32(12-4-1)33-21-23-35(24-22-33)50-54-49(34-13-5-2-6-14-34)55-51(56-50)40-18-10-17-38(28-40)36-15-9-16-37(27-36)39-25-26-43-44(29-39)53-46-31-48-42(30-45(46)52-43)41-19-7-8-20-47(41)57-48/h2*1-31H. The summed E-state index contributed by atoms with van der Waals surface area (Å²) in [6, 6.07) is 128. The van der Waals surface area contributed by atoms with Crippen LogP contribution in [0.3, 0.4) is 0 Å². The molecule has 0 saturated carbocycles. The number of furan rings is 2. The van der Waals surface area contributed by atoms with Crippen LogP contribution in [0.4, 0.5) is 0 Å². The van der Waals surface area contributed by atoms with Crippen molar-refractivity contribution in [2.75, 3.05) is 0 Å². The number of nitrogens with zero attached hydrogens (tertiary/aromatic N) is 10. The Kier molecular flexibility index (Phi) is 16.6. The Labute approximate surface area is 653 Å². The van der Waals surface area contributed by atoms with Gasteiger partial charge in [0.05, 0.1) is 44.1 Å². The number of para-hydroxylation sites is 3. The Hall–Kier alpha value is -15.7. The van der Waals surface area contributed by atoms with Crippen LogP contribution in [0.5, 0.6) is 0 Å². The molecule has 12 nitrogen and oxygen atoms in total. The minimum absolute atomic E-state index is 0.611. The first-order chi connectivity index (χ1) is 56.4. The highest BCUT2D eigenvalue weighted by Gasteiger charge is 2.20. The Morgan fingerprint density at radius 1 is 0.140 bits per heavy atom. The first kappa shape index (κ1) is 66.5. The molecule has 0 saturated heterocycles. The van der Waals surface area contributed by atoms with Crippen LogP contribution >= 0.6 is 0 Å². The SMILES string of the molecule is c1ccc(-c2ccc(-c3nc(-c4ccccc4)nc(-c4cccc(-c5cccc(-c6ccc7nc8cc9c(cc8nc7c6)oc6ccccc69)c5)c4)n3)cc2)cc1.c1ccc(-c2ccc(-c3nc(-c4ccccc4)nc(-c4cccc(-c5cccc(-c6cccc7nc8cc9oc%10ccccc%10c9cc8nc67)c5)c4)n3)cc2)cc1. The summed E-state index contributed by atoms with van der Waals surface area (Å²) in [5.41, 5.74) is 28.6. The summed E-state index contributed by atoms with van der Waals surface area (Å²) in [4.78, 5) is 50.3. The largest absolute Gasteiger partial charge is 0.456 e. The quantitative estimate of drug-likeness (QED) is 0.107. The number of hydrogen-bond donors (Lipinski definition) is 0. The summed E-state index contributed by atoms with van der Waals surface area (Å²) in [5.74, 6) is 3.73. The van der Waals surface area contributed by atoms with E-state index in [2.05, 4.69) is 243 Å². The Morgan fingerprint density at radius 3 is 0.895 bits per heavy atom. The molecule has 0 radical (unpaired) electrons. The molecule has 0 atom stereocenters. The van der Waals surface area contributed by atoms with Gasteiger partial charge in [-0.3, -0.25) is 0 Å². The van der Waals surface area contributed by atoms with Gasteiger partial charge in [0.25, 0.3) is 0 Å². The molecule has 114 heavy (non-hydrogen) atoms. The fourth-order valence-corrected chi connectivity index (χ4v) is 15.2. The van der Waals surface area contributed by atoms with Crippen LogP contribution in [0.2, 0.25) is 0 Å². The van der Waals surface area contributed by atoms with Crippen molar-refractivity contribution in [1.29, 1.82) is 0 Å². The van der Waals surface area contributed by atoms with Crippen LogP contribution in [-0.2, 0) is 0 Å². The summed E-state index contributed by atoms with van der Waals surface area (Å²) < 4.78 is 12.3. The van der Waals surface area contributed by atoms with E-state index in [0.717, 1.165) is 183 Å². The van der Waals surface area contributed by atoms with Crippen LogP contribution in [0.25, 0.3) is 223 Å². The van der Waals surface area contributed by atoms with Gasteiger partial charge in [-0.1, -0.05) is 297 Å². The van der Waals surface area contributed by atoms with Gasteiger partial charge in [-0.05, 0) is 128 Å². The molecule has 0 aliphatic heterocycles. The fraction of sp³-hybridized carbons (Fsp3) is 0. The van der Waals surface area contributed by atoms with Crippen LogP contribution in [-0.4, -0.2) is 49.8 Å². The molecule has 6 aromatic heterocycles. The maximum atomic E-state index is 6.15. The van der Waals surface area contributed by atoms with E-state index in [0.29, 0.717) is 34.9 Å². The third kappa shape index (κ3) is 12.8. The zero-order valence-electron chi connectivity index (χ0n) is 61.1. The molecule has 0 amide bonds. The fourth-order valence-electron chi connectivity index (χ4n) is 15.2. The Balaban J connectivity index is 0.000000143. The van der Waals surface area contributed by atoms with Crippen molar-refractivity contribution in [3.05, 3.63) is 376 Å². The minimum Gasteiger partial charge on any atom is -0.456 e. The lowest BCUT2D eigenvalue weighted by atomic mass is 9.97. The summed E-state index contributed by atoms with van der Waals surface area (Å²) in [6.07, 6.45) is 0. The van der Waals surface area contributed by atoms with Gasteiger partial charge in [0, 0.05) is 72.6 Å². The molecule has 0 aliphatic rings. The van der Waals surface area contributed by atoms with Crippen LogP contribution in [0.15, 0.2) is 385 Å². The summed E-state index contributed by atoms with van der Waals surface area (Å²) in [6.45, 7) is 0. The van der Waals surface area contributed by atoms with E-state index in [-0.39, 0.29) is 0 Å². The molecule has 532 valence electrons. The second-order valence-electron chi connectivity index (χ2n) is 28.2. The van der Waals surface area contributed by atoms with Crippen molar-refractivity contribution in [1.82, 2.24) is 49.8 Å². The van der Waals surface area contributed by atoms with Gasteiger partial charge in [0.15, 0.2) is 34.9 Å². The second-order valence-corrected chi connectivity index (χ2v) is 28.2. The molecule has 6 heterocycles. The van der Waals surface area contributed by atoms with Crippen LogP contribution < -0.4 is 0 Å². The predicted molar refractivity (Wildman–Crippen MR) is 461 cm³/mol. The Bertz CT molecular complexity index is 7440. The van der Waals surface area contributed by atoms with E-state index in [1.165, 1.54) is 5.56 Å². The summed E-state index contributed by atoms with van der Waals surface area (Å²) >= 11 is 0. The molecule has 16 aromatic carbocycles. The topological polar surface area (TPSA) is 155 Å². The van der Waals surface area contributed by atoms with E-state index in [4.69, 9.17) is 58.7 Å². The van der Waals surface area contributed by atoms with Gasteiger partial charge in [0.2, 0.25) is 0 Å². The van der Waals surface area contributed by atoms with Crippen molar-refractivity contribution in [2.24, 2.45) is 0 Å². The maximum Gasteiger partial charge on any atom is 0.164 e.